The zero-order valence-corrected chi connectivity index (χ0v) is 27.3. The summed E-state index contributed by atoms with van der Waals surface area (Å²) in [5.41, 5.74) is 7.67. The van der Waals surface area contributed by atoms with E-state index < -0.39 is 0 Å². The maximum atomic E-state index is 11.8. The number of hydrogen-bond acceptors (Lipinski definition) is 3. The van der Waals surface area contributed by atoms with E-state index in [-0.39, 0.29) is 11.9 Å². The maximum Gasteiger partial charge on any atom is 0.333 e. The molecule has 4 saturated carbocycles. The van der Waals surface area contributed by atoms with Crippen LogP contribution in [0.4, 0.5) is 0 Å². The van der Waals surface area contributed by atoms with Crippen molar-refractivity contribution in [2.24, 2.45) is 69.8 Å². The van der Waals surface area contributed by atoms with E-state index in [1.807, 2.05) is 0 Å². The van der Waals surface area contributed by atoms with E-state index in [9.17, 15) is 4.79 Å². The molecule has 230 valence electrons. The Hall–Kier alpha value is -0.830. The predicted octanol–water partition coefficient (Wildman–Crippen LogP) is 9.59. The first-order valence-electron chi connectivity index (χ1n) is 17.5. The van der Waals surface area contributed by atoms with Gasteiger partial charge in [-0.1, -0.05) is 73.3 Å². The normalized spacial score (nSPS) is 38.7. The molecule has 10 atom stereocenters. The van der Waals surface area contributed by atoms with E-state index in [0.717, 1.165) is 53.8 Å². The highest BCUT2D eigenvalue weighted by Crippen LogP contribution is 2.68. The van der Waals surface area contributed by atoms with E-state index in [2.05, 4.69) is 41.2 Å². The molecule has 4 aliphatic carbocycles. The number of hydrogen-bond donors (Lipinski definition) is 1. The van der Waals surface area contributed by atoms with Crippen LogP contribution in [-0.4, -0.2) is 19.1 Å². The molecule has 0 aliphatic heterocycles. The van der Waals surface area contributed by atoms with Gasteiger partial charge in [0.15, 0.2) is 0 Å². The van der Waals surface area contributed by atoms with Crippen LogP contribution in [0, 0.1) is 64.1 Å². The monoisotopic (exact) mass is 556 g/mol. The summed E-state index contributed by atoms with van der Waals surface area (Å²) in [7, 11) is 0. The van der Waals surface area contributed by atoms with Gasteiger partial charge in [-0.3, -0.25) is 0 Å². The first kappa shape index (κ1) is 32.1. The summed E-state index contributed by atoms with van der Waals surface area (Å²) in [5, 5.41) is 0. The number of esters is 1. The molecular weight excluding hydrogens is 490 g/mol. The van der Waals surface area contributed by atoms with Crippen LogP contribution in [0.15, 0.2) is 12.2 Å². The molecule has 3 nitrogen and oxygen atoms in total. The van der Waals surface area contributed by atoms with Gasteiger partial charge < -0.3 is 10.5 Å². The van der Waals surface area contributed by atoms with Crippen molar-refractivity contribution in [2.45, 2.75) is 138 Å². The lowest BCUT2D eigenvalue weighted by Gasteiger charge is -2.61. The average Bonchev–Trinajstić information content (AvgIpc) is 3.27. The molecule has 4 fully saturated rings. The first-order valence-corrected chi connectivity index (χ1v) is 17.5. The largest absolute Gasteiger partial charge is 0.462 e. The SMILES string of the molecule is C=C(C)C(=O)OCC(CN)CCC[C@H]1CC[C@@]2(C)C(CCC3C2CC[C@@]2(C)C3CC[C@@H]2[C@H](C)CCCC(C)C)C1. The molecule has 40 heavy (non-hydrogen) atoms. The lowest BCUT2D eigenvalue weighted by molar-refractivity contribution is -0.140. The van der Waals surface area contributed by atoms with E-state index >= 15 is 0 Å². The van der Waals surface area contributed by atoms with Crippen molar-refractivity contribution in [1.29, 1.82) is 0 Å². The molecule has 0 aromatic carbocycles. The van der Waals surface area contributed by atoms with Gasteiger partial charge in [0.05, 0.1) is 6.61 Å². The topological polar surface area (TPSA) is 52.3 Å². The molecule has 0 aromatic heterocycles. The molecule has 2 N–H and O–H groups in total. The molecular formula is C37H65NO2. The van der Waals surface area contributed by atoms with Crippen molar-refractivity contribution < 1.29 is 9.53 Å². The Kier molecular flexibility index (Phi) is 10.9. The summed E-state index contributed by atoms with van der Waals surface area (Å²) in [6.45, 7) is 19.3. The van der Waals surface area contributed by atoms with Gasteiger partial charge in [0.2, 0.25) is 0 Å². The van der Waals surface area contributed by atoms with Crippen LogP contribution < -0.4 is 5.73 Å². The lowest BCUT2D eigenvalue weighted by Crippen LogP contribution is -2.53. The van der Waals surface area contributed by atoms with Crippen molar-refractivity contribution in [1.82, 2.24) is 0 Å². The van der Waals surface area contributed by atoms with E-state index in [1.165, 1.54) is 89.9 Å². The van der Waals surface area contributed by atoms with Gasteiger partial charge in [0, 0.05) is 11.5 Å². The Morgan fingerprint density at radius 2 is 1.65 bits per heavy atom. The molecule has 0 amide bonds. The third kappa shape index (κ3) is 6.86. The molecule has 5 unspecified atom stereocenters. The number of rotatable bonds is 13. The van der Waals surface area contributed by atoms with Crippen molar-refractivity contribution in [3.8, 4) is 0 Å². The summed E-state index contributed by atoms with van der Waals surface area (Å²) in [6.07, 6.45) is 21.2. The number of ether oxygens (including phenoxy) is 1. The summed E-state index contributed by atoms with van der Waals surface area (Å²) in [4.78, 5) is 11.8. The lowest BCUT2D eigenvalue weighted by atomic mass is 9.44. The Labute approximate surface area is 248 Å². The maximum absolute atomic E-state index is 11.8. The third-order valence-corrected chi connectivity index (χ3v) is 13.3. The standard InChI is InChI=1S/C37H65NO2/c1-25(2)10-8-11-27(5)32-16-17-33-31-15-14-30-22-28(12-9-13-29(23-38)24-40-35(39)26(3)4)18-20-36(30,6)34(31)19-21-37(32,33)7/h25,27-34H,3,8-24,38H2,1-2,4-7H3/t27-,28+,29?,30?,31?,32-,33?,34?,36+,37-/m1/s1. The second kappa shape index (κ2) is 13.6. The molecule has 0 heterocycles. The minimum Gasteiger partial charge on any atom is -0.462 e. The molecule has 3 heteroatoms. The fourth-order valence-electron chi connectivity index (χ4n) is 10.9. The van der Waals surface area contributed by atoms with Gasteiger partial charge in [0.1, 0.15) is 0 Å². The summed E-state index contributed by atoms with van der Waals surface area (Å²) < 4.78 is 5.40. The van der Waals surface area contributed by atoms with Gasteiger partial charge in [0.25, 0.3) is 0 Å². The highest BCUT2D eigenvalue weighted by molar-refractivity contribution is 5.86. The number of fused-ring (bicyclic) bond motifs is 5. The zero-order chi connectivity index (χ0) is 29.1. The summed E-state index contributed by atoms with van der Waals surface area (Å²) >= 11 is 0. The van der Waals surface area contributed by atoms with Gasteiger partial charge >= 0.3 is 5.97 Å². The third-order valence-electron chi connectivity index (χ3n) is 13.3. The Balaban J connectivity index is 1.28. The van der Waals surface area contributed by atoms with Gasteiger partial charge in [-0.15, -0.1) is 0 Å². The van der Waals surface area contributed by atoms with Crippen LogP contribution >= 0.6 is 0 Å². The molecule has 0 spiro atoms. The van der Waals surface area contributed by atoms with Crippen LogP contribution in [0.1, 0.15) is 138 Å². The van der Waals surface area contributed by atoms with Crippen LogP contribution in [0.25, 0.3) is 0 Å². The van der Waals surface area contributed by atoms with Crippen molar-refractivity contribution >= 4 is 5.97 Å². The van der Waals surface area contributed by atoms with Gasteiger partial charge in [-0.25, -0.2) is 4.79 Å². The molecule has 0 aromatic rings. The van der Waals surface area contributed by atoms with Crippen LogP contribution in [0.2, 0.25) is 0 Å². The Morgan fingerprint density at radius 1 is 0.925 bits per heavy atom. The molecule has 0 saturated heterocycles. The summed E-state index contributed by atoms with van der Waals surface area (Å²) in [5.74, 6) is 7.49. The summed E-state index contributed by atoms with van der Waals surface area (Å²) in [6, 6.07) is 0. The quantitative estimate of drug-likeness (QED) is 0.182. The highest BCUT2D eigenvalue weighted by Gasteiger charge is 2.60. The molecule has 0 radical (unpaired) electrons. The Morgan fingerprint density at radius 3 is 2.35 bits per heavy atom. The van der Waals surface area contributed by atoms with E-state index in [4.69, 9.17) is 10.5 Å². The number of carbonyl (C=O) groups is 1. The van der Waals surface area contributed by atoms with Gasteiger partial charge in [-0.2, -0.15) is 0 Å². The first-order chi connectivity index (χ1) is 19.0. The minimum atomic E-state index is -0.284. The van der Waals surface area contributed by atoms with Crippen molar-refractivity contribution in [3.05, 3.63) is 12.2 Å². The number of nitrogens with two attached hydrogens (primary N) is 1. The molecule has 4 rings (SSSR count). The second-order valence-corrected chi connectivity index (χ2v) is 16.2. The van der Waals surface area contributed by atoms with Crippen LogP contribution in [-0.2, 0) is 9.53 Å². The molecule has 0 bridgehead atoms. The number of carbonyl (C=O) groups excluding carboxylic acids is 1. The smallest absolute Gasteiger partial charge is 0.333 e. The highest BCUT2D eigenvalue weighted by atomic mass is 16.5. The van der Waals surface area contributed by atoms with Crippen LogP contribution in [0.5, 0.6) is 0 Å². The zero-order valence-electron chi connectivity index (χ0n) is 27.3. The van der Waals surface area contributed by atoms with Crippen molar-refractivity contribution in [3.63, 3.8) is 0 Å². The Bertz CT molecular complexity index is 851. The van der Waals surface area contributed by atoms with Gasteiger partial charge in [-0.05, 0) is 136 Å². The minimum absolute atomic E-state index is 0.275. The fourth-order valence-corrected chi connectivity index (χ4v) is 10.9. The van der Waals surface area contributed by atoms with E-state index in [1.54, 1.807) is 6.92 Å². The average molecular weight is 556 g/mol. The second-order valence-electron chi connectivity index (χ2n) is 16.2. The van der Waals surface area contributed by atoms with E-state index in [0.29, 0.717) is 29.6 Å². The fraction of sp³-hybridized carbons (Fsp3) is 0.919. The molecule has 4 aliphatic rings. The predicted molar refractivity (Wildman–Crippen MR) is 169 cm³/mol. The van der Waals surface area contributed by atoms with Crippen molar-refractivity contribution in [2.75, 3.05) is 13.2 Å². The van der Waals surface area contributed by atoms with Crippen LogP contribution in [0.3, 0.4) is 0 Å².